The van der Waals surface area contributed by atoms with Crippen molar-refractivity contribution in [2.45, 2.75) is 6.92 Å². The van der Waals surface area contributed by atoms with E-state index in [9.17, 15) is 9.18 Å². The first-order chi connectivity index (χ1) is 13.6. The monoisotopic (exact) mass is 371 g/mol. The van der Waals surface area contributed by atoms with E-state index in [4.69, 9.17) is 0 Å². The normalized spacial score (nSPS) is 11.2. The summed E-state index contributed by atoms with van der Waals surface area (Å²) in [5.74, 6) is -0.269. The summed E-state index contributed by atoms with van der Waals surface area (Å²) in [5, 5.41) is 2.86. The minimum atomic E-state index is -0.391. The second kappa shape index (κ2) is 7.48. The number of anilines is 1. The number of nitrogens with one attached hydrogen (secondary N) is 1. The lowest BCUT2D eigenvalue weighted by Crippen LogP contribution is -2.11. The Morgan fingerprint density at radius 3 is 2.57 bits per heavy atom. The number of hydrogen-bond acceptors (Lipinski definition) is 2. The van der Waals surface area contributed by atoms with Crippen LogP contribution in [0, 0.1) is 12.7 Å². The van der Waals surface area contributed by atoms with E-state index in [-0.39, 0.29) is 5.91 Å². The van der Waals surface area contributed by atoms with Crippen molar-refractivity contribution in [3.63, 3.8) is 0 Å². The fourth-order valence-corrected chi connectivity index (χ4v) is 3.01. The minimum Gasteiger partial charge on any atom is -0.306 e. The molecule has 4 aromatic rings. The Hall–Kier alpha value is -3.73. The van der Waals surface area contributed by atoms with Crippen LogP contribution in [0.4, 0.5) is 10.2 Å². The number of pyridine rings is 1. The van der Waals surface area contributed by atoms with Gasteiger partial charge in [0.15, 0.2) is 0 Å². The third kappa shape index (κ3) is 3.55. The highest BCUT2D eigenvalue weighted by molar-refractivity contribution is 6.03. The number of aryl methyl sites for hydroxylation is 1. The zero-order valence-corrected chi connectivity index (χ0v) is 15.3. The summed E-state index contributed by atoms with van der Waals surface area (Å²) in [6.07, 6.45) is 5.05. The smallest absolute Gasteiger partial charge is 0.249 e. The maximum atomic E-state index is 14.4. The van der Waals surface area contributed by atoms with Crippen LogP contribution in [0.3, 0.4) is 0 Å². The molecule has 0 bridgehead atoms. The standard InChI is InChI=1S/C23H18FN3O/c1-16-11-13-20-25-22(18-9-5-6-10-19(18)24)23(27(20)15-16)26-21(28)14-12-17-7-3-2-4-8-17/h2-15H,1H3,(H,26,28)/b14-12+. The highest BCUT2D eigenvalue weighted by Crippen LogP contribution is 2.31. The number of aromatic nitrogens is 2. The summed E-state index contributed by atoms with van der Waals surface area (Å²) in [6, 6.07) is 19.7. The number of carbonyl (C=O) groups is 1. The number of hydrogen-bond donors (Lipinski definition) is 1. The van der Waals surface area contributed by atoms with Crippen LogP contribution in [-0.4, -0.2) is 15.3 Å². The molecule has 0 aliphatic rings. The summed E-state index contributed by atoms with van der Waals surface area (Å²) in [6.45, 7) is 1.95. The molecule has 2 aromatic carbocycles. The highest BCUT2D eigenvalue weighted by atomic mass is 19.1. The van der Waals surface area contributed by atoms with E-state index in [0.717, 1.165) is 11.1 Å². The lowest BCUT2D eigenvalue weighted by atomic mass is 10.1. The Morgan fingerprint density at radius 2 is 1.79 bits per heavy atom. The van der Waals surface area contributed by atoms with E-state index < -0.39 is 5.82 Å². The van der Waals surface area contributed by atoms with Gasteiger partial charge in [-0.3, -0.25) is 9.20 Å². The van der Waals surface area contributed by atoms with Gasteiger partial charge in [0.05, 0.1) is 0 Å². The van der Waals surface area contributed by atoms with E-state index in [1.807, 2.05) is 55.6 Å². The molecule has 28 heavy (non-hydrogen) atoms. The zero-order chi connectivity index (χ0) is 19.5. The van der Waals surface area contributed by atoms with Gasteiger partial charge in [-0.15, -0.1) is 0 Å². The Morgan fingerprint density at radius 1 is 1.04 bits per heavy atom. The van der Waals surface area contributed by atoms with Crippen molar-refractivity contribution >= 4 is 23.4 Å². The van der Waals surface area contributed by atoms with Crippen LogP contribution in [-0.2, 0) is 4.79 Å². The summed E-state index contributed by atoms with van der Waals surface area (Å²) in [7, 11) is 0. The molecule has 1 N–H and O–H groups in total. The van der Waals surface area contributed by atoms with Gasteiger partial charge in [0, 0.05) is 17.8 Å². The number of benzene rings is 2. The molecular weight excluding hydrogens is 353 g/mol. The number of halogens is 1. The van der Waals surface area contributed by atoms with Crippen LogP contribution in [0.1, 0.15) is 11.1 Å². The summed E-state index contributed by atoms with van der Waals surface area (Å²) in [4.78, 5) is 17.1. The topological polar surface area (TPSA) is 46.4 Å². The van der Waals surface area contributed by atoms with Crippen molar-refractivity contribution in [2.75, 3.05) is 5.32 Å². The third-order valence-corrected chi connectivity index (χ3v) is 4.36. The predicted octanol–water partition coefficient (Wildman–Crippen LogP) is 5.10. The van der Waals surface area contributed by atoms with Gasteiger partial charge in [-0.05, 0) is 42.3 Å². The van der Waals surface area contributed by atoms with Crippen molar-refractivity contribution in [2.24, 2.45) is 0 Å². The van der Waals surface area contributed by atoms with Crippen molar-refractivity contribution < 1.29 is 9.18 Å². The van der Waals surface area contributed by atoms with E-state index in [1.165, 1.54) is 12.1 Å². The number of carbonyl (C=O) groups excluding carboxylic acids is 1. The molecule has 0 saturated carbocycles. The first-order valence-corrected chi connectivity index (χ1v) is 8.89. The maximum absolute atomic E-state index is 14.4. The average molecular weight is 371 g/mol. The molecule has 0 saturated heterocycles. The first kappa shape index (κ1) is 17.7. The van der Waals surface area contributed by atoms with E-state index in [1.54, 1.807) is 28.7 Å². The van der Waals surface area contributed by atoms with Crippen LogP contribution in [0.5, 0.6) is 0 Å². The minimum absolute atomic E-state index is 0.315. The molecule has 2 heterocycles. The lowest BCUT2D eigenvalue weighted by molar-refractivity contribution is -0.111. The molecular formula is C23H18FN3O. The van der Waals surface area contributed by atoms with Crippen molar-refractivity contribution in [1.29, 1.82) is 0 Å². The van der Waals surface area contributed by atoms with Gasteiger partial charge in [-0.2, -0.15) is 0 Å². The van der Waals surface area contributed by atoms with Gasteiger partial charge < -0.3 is 5.32 Å². The summed E-state index contributed by atoms with van der Waals surface area (Å²) < 4.78 is 16.2. The molecule has 0 aliphatic heterocycles. The van der Waals surface area contributed by atoms with Gasteiger partial charge in [0.2, 0.25) is 5.91 Å². The van der Waals surface area contributed by atoms with Crippen molar-refractivity contribution in [3.05, 3.63) is 95.9 Å². The van der Waals surface area contributed by atoms with Crippen LogP contribution >= 0.6 is 0 Å². The Kier molecular flexibility index (Phi) is 4.72. The molecule has 0 unspecified atom stereocenters. The van der Waals surface area contributed by atoms with Crippen LogP contribution < -0.4 is 5.32 Å². The predicted molar refractivity (Wildman–Crippen MR) is 109 cm³/mol. The lowest BCUT2D eigenvalue weighted by Gasteiger charge is -2.07. The molecule has 0 spiro atoms. The molecule has 0 atom stereocenters. The van der Waals surface area contributed by atoms with Gasteiger partial charge in [0.1, 0.15) is 23.0 Å². The largest absolute Gasteiger partial charge is 0.306 e. The third-order valence-electron chi connectivity index (χ3n) is 4.36. The second-order valence-electron chi connectivity index (χ2n) is 6.46. The Balaban J connectivity index is 1.75. The zero-order valence-electron chi connectivity index (χ0n) is 15.3. The average Bonchev–Trinajstić information content (AvgIpc) is 3.05. The number of fused-ring (bicyclic) bond motifs is 1. The molecule has 5 heteroatoms. The fourth-order valence-electron chi connectivity index (χ4n) is 3.01. The van der Waals surface area contributed by atoms with Crippen molar-refractivity contribution in [1.82, 2.24) is 9.38 Å². The highest BCUT2D eigenvalue weighted by Gasteiger charge is 2.18. The van der Waals surface area contributed by atoms with Gasteiger partial charge >= 0.3 is 0 Å². The molecule has 0 aliphatic carbocycles. The van der Waals surface area contributed by atoms with Gasteiger partial charge in [0.25, 0.3) is 0 Å². The van der Waals surface area contributed by atoms with E-state index in [0.29, 0.717) is 22.7 Å². The van der Waals surface area contributed by atoms with E-state index in [2.05, 4.69) is 10.3 Å². The van der Waals surface area contributed by atoms with Gasteiger partial charge in [-0.25, -0.2) is 9.37 Å². The quantitative estimate of drug-likeness (QED) is 0.507. The number of amides is 1. The second-order valence-corrected chi connectivity index (χ2v) is 6.46. The molecule has 4 nitrogen and oxygen atoms in total. The van der Waals surface area contributed by atoms with Crippen molar-refractivity contribution in [3.8, 4) is 11.3 Å². The van der Waals surface area contributed by atoms with E-state index >= 15 is 0 Å². The van der Waals surface area contributed by atoms with Crippen LogP contribution in [0.25, 0.3) is 23.0 Å². The molecule has 4 rings (SSSR count). The SMILES string of the molecule is Cc1ccc2nc(-c3ccccc3F)c(NC(=O)/C=C/c3ccccc3)n2c1. The first-order valence-electron chi connectivity index (χ1n) is 8.89. The molecule has 1 amide bonds. The molecule has 0 radical (unpaired) electrons. The molecule has 2 aromatic heterocycles. The fraction of sp³-hybridized carbons (Fsp3) is 0.0435. The molecule has 0 fully saturated rings. The number of imidazole rings is 1. The maximum Gasteiger partial charge on any atom is 0.249 e. The number of nitrogens with zero attached hydrogens (tertiary/aromatic N) is 2. The van der Waals surface area contributed by atoms with Crippen LogP contribution in [0.2, 0.25) is 0 Å². The van der Waals surface area contributed by atoms with Crippen LogP contribution in [0.15, 0.2) is 79.0 Å². The molecule has 138 valence electrons. The summed E-state index contributed by atoms with van der Waals surface area (Å²) in [5.41, 5.74) is 3.28. The Labute approximate surface area is 162 Å². The van der Waals surface area contributed by atoms with Gasteiger partial charge in [-0.1, -0.05) is 48.5 Å². The summed E-state index contributed by atoms with van der Waals surface area (Å²) >= 11 is 0. The number of rotatable bonds is 4. The Bertz CT molecular complexity index is 1180.